The molecule has 0 unspecified atom stereocenters. The summed E-state index contributed by atoms with van der Waals surface area (Å²) in [5.41, 5.74) is 1.44. The molecule has 0 spiro atoms. The highest BCUT2D eigenvalue weighted by molar-refractivity contribution is 14.0. The van der Waals surface area contributed by atoms with Crippen molar-refractivity contribution < 1.29 is 4.74 Å². The molecule has 1 fully saturated rings. The minimum Gasteiger partial charge on any atom is -0.385 e. The van der Waals surface area contributed by atoms with Gasteiger partial charge < -0.3 is 15.4 Å². The molecule has 2 aromatic heterocycles. The molecule has 7 nitrogen and oxygen atoms in total. The van der Waals surface area contributed by atoms with Crippen molar-refractivity contribution >= 4 is 29.9 Å². The van der Waals surface area contributed by atoms with Gasteiger partial charge in [0.05, 0.1) is 6.54 Å². The van der Waals surface area contributed by atoms with Gasteiger partial charge >= 0.3 is 0 Å². The molecule has 0 atom stereocenters. The quantitative estimate of drug-likeness (QED) is 0.316. The predicted molar refractivity (Wildman–Crippen MR) is 122 cm³/mol. The molecule has 154 valence electrons. The summed E-state index contributed by atoms with van der Waals surface area (Å²) in [6.07, 6.45) is 12.2. The van der Waals surface area contributed by atoms with E-state index >= 15 is 0 Å². The Kier molecular flexibility index (Phi) is 9.17. The lowest BCUT2D eigenvalue weighted by atomic mass is 9.67. The zero-order valence-corrected chi connectivity index (χ0v) is 19.1. The molecular formula is C20H31IN6O. The van der Waals surface area contributed by atoms with Crippen molar-refractivity contribution in [3.8, 4) is 5.82 Å². The zero-order chi connectivity index (χ0) is 19.0. The lowest BCUT2D eigenvalue weighted by molar-refractivity contribution is 0.0732. The van der Waals surface area contributed by atoms with Crippen molar-refractivity contribution in [2.75, 3.05) is 26.8 Å². The van der Waals surface area contributed by atoms with E-state index in [0.717, 1.165) is 43.5 Å². The summed E-state index contributed by atoms with van der Waals surface area (Å²) in [6, 6.07) is 4.04. The van der Waals surface area contributed by atoms with Gasteiger partial charge in [0.25, 0.3) is 0 Å². The highest BCUT2D eigenvalue weighted by atomic mass is 127. The van der Waals surface area contributed by atoms with Crippen LogP contribution in [-0.2, 0) is 11.3 Å². The molecule has 0 amide bonds. The number of aromatic nitrogens is 3. The third-order valence-electron chi connectivity index (χ3n) is 5.22. The molecule has 0 aromatic carbocycles. The fourth-order valence-corrected chi connectivity index (χ4v) is 3.35. The lowest BCUT2D eigenvalue weighted by Crippen LogP contribution is -2.46. The number of aliphatic imine (C=N–C) groups is 1. The lowest BCUT2D eigenvalue weighted by Gasteiger charge is -2.42. The summed E-state index contributed by atoms with van der Waals surface area (Å²) < 4.78 is 7.17. The summed E-state index contributed by atoms with van der Waals surface area (Å²) in [6.45, 7) is 5.29. The second-order valence-electron chi connectivity index (χ2n) is 7.14. The molecule has 2 heterocycles. The molecule has 0 saturated heterocycles. The Morgan fingerprint density at radius 1 is 1.32 bits per heavy atom. The number of rotatable bonds is 9. The van der Waals surface area contributed by atoms with Crippen molar-refractivity contribution in [2.24, 2.45) is 10.4 Å². The topological polar surface area (TPSA) is 76.4 Å². The number of guanidine groups is 1. The van der Waals surface area contributed by atoms with Crippen LogP contribution in [0.15, 0.2) is 42.0 Å². The number of hydrogen-bond donors (Lipinski definition) is 2. The molecule has 1 aliphatic carbocycles. The molecule has 3 rings (SSSR count). The number of halogens is 1. The molecule has 1 saturated carbocycles. The number of nitrogens with one attached hydrogen (secondary N) is 2. The Hall–Kier alpha value is -1.68. The Labute approximate surface area is 184 Å². The smallest absolute Gasteiger partial charge is 0.191 e. The molecule has 8 heteroatoms. The second kappa shape index (κ2) is 11.4. The maximum absolute atomic E-state index is 5.28. The molecule has 0 bridgehead atoms. The second-order valence-corrected chi connectivity index (χ2v) is 7.14. The Morgan fingerprint density at radius 3 is 2.75 bits per heavy atom. The van der Waals surface area contributed by atoms with Crippen LogP contribution in [0, 0.1) is 5.41 Å². The normalized spacial score (nSPS) is 15.4. The summed E-state index contributed by atoms with van der Waals surface area (Å²) in [4.78, 5) is 13.3. The zero-order valence-electron chi connectivity index (χ0n) is 16.7. The van der Waals surface area contributed by atoms with Gasteiger partial charge in [-0.1, -0.05) is 12.5 Å². The Balaban J connectivity index is 0.00000280. The van der Waals surface area contributed by atoms with Gasteiger partial charge in [-0.25, -0.2) is 15.0 Å². The van der Waals surface area contributed by atoms with Crippen LogP contribution in [0.3, 0.4) is 0 Å². The summed E-state index contributed by atoms with van der Waals surface area (Å²) in [7, 11) is 1.78. The summed E-state index contributed by atoms with van der Waals surface area (Å²) >= 11 is 0. The van der Waals surface area contributed by atoms with Crippen LogP contribution in [0.1, 0.15) is 38.2 Å². The van der Waals surface area contributed by atoms with Gasteiger partial charge in [0, 0.05) is 45.4 Å². The first-order valence-corrected chi connectivity index (χ1v) is 9.69. The van der Waals surface area contributed by atoms with Gasteiger partial charge in [0.2, 0.25) is 0 Å². The molecule has 2 N–H and O–H groups in total. The molecule has 28 heavy (non-hydrogen) atoms. The van der Waals surface area contributed by atoms with E-state index in [1.165, 1.54) is 19.3 Å². The van der Waals surface area contributed by atoms with Crippen molar-refractivity contribution in [1.29, 1.82) is 0 Å². The summed E-state index contributed by atoms with van der Waals surface area (Å²) in [5, 5.41) is 6.87. The number of imidazole rings is 1. The van der Waals surface area contributed by atoms with Crippen LogP contribution in [-0.4, -0.2) is 47.3 Å². The van der Waals surface area contributed by atoms with E-state index in [2.05, 4.69) is 33.6 Å². The van der Waals surface area contributed by atoms with Crippen LogP contribution in [0.2, 0.25) is 0 Å². The Bertz CT molecular complexity index is 713. The largest absolute Gasteiger partial charge is 0.385 e. The minimum atomic E-state index is 0. The average molecular weight is 498 g/mol. The van der Waals surface area contributed by atoms with Gasteiger partial charge in [-0.05, 0) is 43.2 Å². The fourth-order valence-electron chi connectivity index (χ4n) is 3.35. The highest BCUT2D eigenvalue weighted by Gasteiger charge is 2.36. The van der Waals surface area contributed by atoms with Crippen LogP contribution in [0.5, 0.6) is 0 Å². The van der Waals surface area contributed by atoms with E-state index in [1.54, 1.807) is 19.6 Å². The maximum atomic E-state index is 5.28. The number of methoxy groups -OCH3 is 1. The predicted octanol–water partition coefficient (Wildman–Crippen LogP) is 3.15. The third-order valence-corrected chi connectivity index (χ3v) is 5.22. The van der Waals surface area contributed by atoms with Crippen molar-refractivity contribution in [1.82, 2.24) is 25.2 Å². The number of nitrogens with zero attached hydrogens (tertiary/aromatic N) is 4. The number of pyridine rings is 1. The van der Waals surface area contributed by atoms with Crippen molar-refractivity contribution in [2.45, 2.75) is 39.2 Å². The van der Waals surface area contributed by atoms with Crippen molar-refractivity contribution in [3.63, 3.8) is 0 Å². The van der Waals surface area contributed by atoms with Gasteiger partial charge in [-0.15, -0.1) is 24.0 Å². The van der Waals surface area contributed by atoms with E-state index in [0.29, 0.717) is 12.0 Å². The van der Waals surface area contributed by atoms with Gasteiger partial charge in [-0.3, -0.25) is 4.57 Å². The fraction of sp³-hybridized carbons (Fsp3) is 0.550. The van der Waals surface area contributed by atoms with E-state index in [-0.39, 0.29) is 24.0 Å². The number of hydrogen-bond acceptors (Lipinski definition) is 4. The van der Waals surface area contributed by atoms with Crippen LogP contribution in [0.4, 0.5) is 0 Å². The van der Waals surface area contributed by atoms with Crippen LogP contribution in [0.25, 0.3) is 5.82 Å². The van der Waals surface area contributed by atoms with E-state index < -0.39 is 0 Å². The average Bonchev–Trinajstić information content (AvgIpc) is 3.20. The molecule has 0 radical (unpaired) electrons. The highest BCUT2D eigenvalue weighted by Crippen LogP contribution is 2.43. The molecule has 2 aromatic rings. The van der Waals surface area contributed by atoms with Crippen molar-refractivity contribution in [3.05, 3.63) is 42.6 Å². The van der Waals surface area contributed by atoms with Gasteiger partial charge in [0.15, 0.2) is 5.96 Å². The van der Waals surface area contributed by atoms with E-state index in [9.17, 15) is 0 Å². The third kappa shape index (κ3) is 6.16. The van der Waals surface area contributed by atoms with E-state index in [1.807, 2.05) is 23.0 Å². The molecular weight excluding hydrogens is 467 g/mol. The monoisotopic (exact) mass is 498 g/mol. The SMILES string of the molecule is CCNC(=NCc1ccc(-n2ccnc2)nc1)NCC1(CCOC)CCC1.I. The first-order valence-electron chi connectivity index (χ1n) is 9.69. The van der Waals surface area contributed by atoms with Crippen LogP contribution < -0.4 is 10.6 Å². The maximum Gasteiger partial charge on any atom is 0.191 e. The Morgan fingerprint density at radius 2 is 2.18 bits per heavy atom. The first-order chi connectivity index (χ1) is 13.2. The van der Waals surface area contributed by atoms with Crippen LogP contribution >= 0.6 is 24.0 Å². The standard InChI is InChI=1S/C20H30N6O.HI/c1-3-22-19(25-15-20(7-4-8-20)9-12-27-2)24-14-17-5-6-18(23-13-17)26-11-10-21-16-26;/h5-6,10-11,13,16H,3-4,7-9,12,14-15H2,1-2H3,(H2,22,24,25);1H. The minimum absolute atomic E-state index is 0. The molecule has 0 aliphatic heterocycles. The number of ether oxygens (including phenoxy) is 1. The van der Waals surface area contributed by atoms with Gasteiger partial charge in [-0.2, -0.15) is 0 Å². The van der Waals surface area contributed by atoms with E-state index in [4.69, 9.17) is 9.73 Å². The van der Waals surface area contributed by atoms with Gasteiger partial charge in [0.1, 0.15) is 12.1 Å². The molecule has 1 aliphatic rings. The first kappa shape index (κ1) is 22.6. The summed E-state index contributed by atoms with van der Waals surface area (Å²) in [5.74, 6) is 1.72.